The molecule has 7 rings (SSSR count). The Morgan fingerprint density at radius 1 is 0.967 bits per heavy atom. The summed E-state index contributed by atoms with van der Waals surface area (Å²) in [6.45, 7) is 15.4. The molecule has 13 nitrogen and oxygen atoms in total. The molecule has 60 heavy (non-hydrogen) atoms. The van der Waals surface area contributed by atoms with Crippen LogP contribution in [-0.2, 0) is 28.8 Å². The van der Waals surface area contributed by atoms with Crippen molar-refractivity contribution in [3.8, 4) is 11.6 Å². The zero-order chi connectivity index (χ0) is 43.5. The minimum atomic E-state index is -2.97. The SMILES string of the molecule is CN(C)[C@@H]1c2onc(OCc3ccccc3)c2C(=O)[C@@]2(O[Si](C)(C)C(C)(C)C)C(O)=C3C(=O)c4c(c(Cl)nc(NC(=O)OC(C)(C)C)c4OCc4ccccc4)C[C@H]3C[C@@H]12. The van der Waals surface area contributed by atoms with Gasteiger partial charge in [-0.1, -0.05) is 93.0 Å². The summed E-state index contributed by atoms with van der Waals surface area (Å²) in [5.74, 6) is -2.99. The highest BCUT2D eigenvalue weighted by atomic mass is 35.5. The molecule has 2 aromatic heterocycles. The van der Waals surface area contributed by atoms with Crippen molar-refractivity contribution in [3.05, 3.63) is 111 Å². The average molecular weight is 857 g/mol. The highest BCUT2D eigenvalue weighted by molar-refractivity contribution is 6.74. The summed E-state index contributed by atoms with van der Waals surface area (Å²) < 4.78 is 31.4. The first-order valence-electron chi connectivity index (χ1n) is 20.1. The van der Waals surface area contributed by atoms with E-state index in [1.165, 1.54) is 0 Å². The van der Waals surface area contributed by atoms with Crippen LogP contribution in [0.15, 0.2) is 76.5 Å². The van der Waals surface area contributed by atoms with Gasteiger partial charge in [0.2, 0.25) is 5.78 Å². The first-order chi connectivity index (χ1) is 28.1. The molecule has 0 bridgehead atoms. The number of nitrogens with zero attached hydrogens (tertiary/aromatic N) is 3. The number of aliphatic hydroxyl groups is 1. The molecular formula is C45H53ClN4O9Si. The Labute approximate surface area is 356 Å². The molecule has 0 aliphatic heterocycles. The second kappa shape index (κ2) is 15.8. The number of nitrogens with one attached hydrogen (secondary N) is 1. The molecule has 0 radical (unpaired) electrons. The zero-order valence-corrected chi connectivity index (χ0v) is 37.5. The van der Waals surface area contributed by atoms with Gasteiger partial charge in [0, 0.05) is 17.1 Å². The fraction of sp³-hybridized carbons (Fsp3) is 0.444. The lowest BCUT2D eigenvalue weighted by Crippen LogP contribution is -2.65. The number of allylic oxidation sites excluding steroid dienone is 1. The number of pyridine rings is 1. The Hall–Kier alpha value is -5.02. The molecule has 3 aliphatic carbocycles. The van der Waals surface area contributed by atoms with E-state index in [-0.39, 0.29) is 65.4 Å². The second-order valence-electron chi connectivity index (χ2n) is 18.5. The third-order valence-electron chi connectivity index (χ3n) is 11.9. The van der Waals surface area contributed by atoms with Gasteiger partial charge >= 0.3 is 6.09 Å². The molecule has 0 saturated carbocycles. The summed E-state index contributed by atoms with van der Waals surface area (Å²) in [6.07, 6.45) is -0.447. The Kier molecular flexibility index (Phi) is 11.3. The summed E-state index contributed by atoms with van der Waals surface area (Å²) in [5.41, 5.74) is -0.797. The molecule has 318 valence electrons. The number of fused-ring (bicyclic) bond motifs is 4. The Balaban J connectivity index is 1.42. The Morgan fingerprint density at radius 2 is 1.57 bits per heavy atom. The van der Waals surface area contributed by atoms with Gasteiger partial charge in [-0.2, -0.15) is 0 Å². The molecule has 2 aromatic carbocycles. The second-order valence-corrected chi connectivity index (χ2v) is 23.6. The molecule has 4 atom stereocenters. The van der Waals surface area contributed by atoms with E-state index in [1.54, 1.807) is 20.8 Å². The van der Waals surface area contributed by atoms with Gasteiger partial charge in [0.05, 0.1) is 11.6 Å². The van der Waals surface area contributed by atoms with Gasteiger partial charge < -0.3 is 28.3 Å². The molecular weight excluding hydrogens is 804 g/mol. The molecule has 1 amide bonds. The number of ketones is 2. The molecule has 0 saturated heterocycles. The van der Waals surface area contributed by atoms with Crippen LogP contribution >= 0.6 is 11.6 Å². The number of carbonyl (C=O) groups excluding carboxylic acids is 3. The minimum absolute atomic E-state index is 0.00465. The van der Waals surface area contributed by atoms with Gasteiger partial charge in [0.15, 0.2) is 37.0 Å². The van der Waals surface area contributed by atoms with Crippen LogP contribution < -0.4 is 14.8 Å². The van der Waals surface area contributed by atoms with Crippen LogP contribution in [0.4, 0.5) is 10.6 Å². The fourth-order valence-electron chi connectivity index (χ4n) is 8.21. The van der Waals surface area contributed by atoms with Crippen LogP contribution in [0.25, 0.3) is 0 Å². The monoisotopic (exact) mass is 856 g/mol. The molecule has 0 fully saturated rings. The van der Waals surface area contributed by atoms with Gasteiger partial charge in [0.1, 0.15) is 35.3 Å². The summed E-state index contributed by atoms with van der Waals surface area (Å²) in [5, 5.41) is 19.5. The van der Waals surface area contributed by atoms with E-state index in [2.05, 4.69) is 15.5 Å². The number of Topliss-reactive ketones (excluding diaryl/α,β-unsaturated/α-hetero) is 2. The predicted molar refractivity (Wildman–Crippen MR) is 228 cm³/mol. The first-order valence-corrected chi connectivity index (χ1v) is 23.4. The van der Waals surface area contributed by atoms with E-state index in [0.717, 1.165) is 11.1 Å². The maximum absolute atomic E-state index is 15.6. The number of rotatable bonds is 10. The van der Waals surface area contributed by atoms with Crippen molar-refractivity contribution in [2.45, 2.75) is 103 Å². The zero-order valence-electron chi connectivity index (χ0n) is 35.8. The van der Waals surface area contributed by atoms with E-state index in [9.17, 15) is 9.90 Å². The molecule has 15 heteroatoms. The normalized spacial score (nSPS) is 21.5. The maximum atomic E-state index is 15.6. The van der Waals surface area contributed by atoms with Gasteiger partial charge in [-0.15, -0.1) is 0 Å². The number of aliphatic hydroxyl groups excluding tert-OH is 1. The smallest absolute Gasteiger partial charge is 0.413 e. The molecule has 0 unspecified atom stereocenters. The number of anilines is 1. The van der Waals surface area contributed by atoms with Crippen LogP contribution in [0.5, 0.6) is 11.6 Å². The molecule has 2 heterocycles. The summed E-state index contributed by atoms with van der Waals surface area (Å²) in [7, 11) is 0.758. The number of carbonyl (C=O) groups is 3. The topological polar surface area (TPSA) is 163 Å². The van der Waals surface area contributed by atoms with E-state index < -0.39 is 65.9 Å². The van der Waals surface area contributed by atoms with Crippen LogP contribution in [0, 0.1) is 11.8 Å². The number of benzene rings is 2. The number of halogens is 1. The molecule has 4 aromatic rings. The minimum Gasteiger partial charge on any atom is -0.508 e. The largest absolute Gasteiger partial charge is 0.508 e. The number of hydrogen-bond acceptors (Lipinski definition) is 12. The van der Waals surface area contributed by atoms with Crippen LogP contribution in [0.2, 0.25) is 23.3 Å². The lowest BCUT2D eigenvalue weighted by molar-refractivity contribution is -0.0480. The lowest BCUT2D eigenvalue weighted by Gasteiger charge is -2.55. The number of aromatic nitrogens is 2. The van der Waals surface area contributed by atoms with Crippen molar-refractivity contribution in [1.29, 1.82) is 0 Å². The van der Waals surface area contributed by atoms with Crippen molar-refractivity contribution in [3.63, 3.8) is 0 Å². The molecule has 0 spiro atoms. The summed E-state index contributed by atoms with van der Waals surface area (Å²) in [4.78, 5) is 50.6. The maximum Gasteiger partial charge on any atom is 0.413 e. The van der Waals surface area contributed by atoms with Gasteiger partial charge in [-0.05, 0) is 88.0 Å². The summed E-state index contributed by atoms with van der Waals surface area (Å²) >= 11 is 6.93. The third kappa shape index (κ3) is 7.74. The van der Waals surface area contributed by atoms with Crippen molar-refractivity contribution < 1.29 is 42.6 Å². The average Bonchev–Trinajstić information content (AvgIpc) is 3.58. The Bertz CT molecular complexity index is 2350. The predicted octanol–water partition coefficient (Wildman–Crippen LogP) is 9.67. The standard InChI is InChI=1S/C45H53ClN4O9Si/c1-43(2,3)57-42(54)48-40-36(55-23-25-17-13-11-14-18-25)31-28(39(46)47-40)21-27-22-29-33(50(7)8)35-32(41(49-58-35)56-24-26-19-15-12-16-20-26)38(53)45(29,37(52)30(27)34(31)51)59-60(9,10)44(4,5)6/h11-20,27,29,33,52H,21-24H2,1-10H3,(H,47,48,54)/t27-,29-,33-,45-/m0/s1. The van der Waals surface area contributed by atoms with Crippen LogP contribution in [0.3, 0.4) is 0 Å². The number of ether oxygens (including phenoxy) is 3. The fourth-order valence-corrected chi connectivity index (χ4v) is 9.92. The van der Waals surface area contributed by atoms with Crippen molar-refractivity contribution >= 4 is 43.4 Å². The van der Waals surface area contributed by atoms with Gasteiger partial charge in [0.25, 0.3) is 5.88 Å². The first kappa shape index (κ1) is 43.1. The number of hydrogen-bond donors (Lipinski definition) is 2. The van der Waals surface area contributed by atoms with Crippen molar-refractivity contribution in [2.75, 3.05) is 19.4 Å². The molecule has 3 aliphatic rings. The van der Waals surface area contributed by atoms with Gasteiger partial charge in [-0.3, -0.25) is 19.8 Å². The van der Waals surface area contributed by atoms with E-state index in [1.807, 2.05) is 114 Å². The van der Waals surface area contributed by atoms with Crippen molar-refractivity contribution in [2.24, 2.45) is 11.8 Å². The lowest BCUT2D eigenvalue weighted by atomic mass is 9.58. The summed E-state index contributed by atoms with van der Waals surface area (Å²) in [6, 6.07) is 18.1. The number of amides is 1. The highest BCUT2D eigenvalue weighted by Gasteiger charge is 2.67. The Morgan fingerprint density at radius 3 is 2.13 bits per heavy atom. The van der Waals surface area contributed by atoms with Gasteiger partial charge in [-0.25, -0.2) is 9.78 Å². The quantitative estimate of drug-likeness (QED) is 0.115. The third-order valence-corrected chi connectivity index (χ3v) is 16.7. The van der Waals surface area contributed by atoms with E-state index >= 15 is 9.59 Å². The van der Waals surface area contributed by atoms with Crippen molar-refractivity contribution in [1.82, 2.24) is 15.0 Å². The van der Waals surface area contributed by atoms with E-state index in [0.29, 0.717) is 11.3 Å². The van der Waals surface area contributed by atoms with E-state index in [4.69, 9.17) is 34.8 Å². The molecule has 2 N–H and O–H groups in total. The highest BCUT2D eigenvalue weighted by Crippen LogP contribution is 2.60. The van der Waals surface area contributed by atoms with Crippen LogP contribution in [-0.4, -0.2) is 71.4 Å². The van der Waals surface area contributed by atoms with Crippen LogP contribution in [0.1, 0.15) is 97.2 Å².